The molecule has 2 aromatic heterocycles. The molecule has 0 bridgehead atoms. The van der Waals surface area contributed by atoms with Crippen LogP contribution in [-0.4, -0.2) is 16.6 Å². The van der Waals surface area contributed by atoms with Crippen molar-refractivity contribution in [3.05, 3.63) is 64.8 Å². The fourth-order valence-corrected chi connectivity index (χ4v) is 4.89. The number of nitrogens with zero attached hydrogens (tertiary/aromatic N) is 2. The lowest BCUT2D eigenvalue weighted by molar-refractivity contribution is 0.305. The first kappa shape index (κ1) is 22.3. The molecule has 0 unspecified atom stereocenters. The van der Waals surface area contributed by atoms with Gasteiger partial charge in [0.15, 0.2) is 0 Å². The molecule has 0 aliphatic carbocycles. The van der Waals surface area contributed by atoms with Crippen molar-refractivity contribution in [1.29, 1.82) is 0 Å². The van der Waals surface area contributed by atoms with Gasteiger partial charge in [0.2, 0.25) is 0 Å². The molecule has 0 fully saturated rings. The summed E-state index contributed by atoms with van der Waals surface area (Å²) in [5.41, 5.74) is 5.99. The summed E-state index contributed by atoms with van der Waals surface area (Å²) < 4.78 is 5.88. The van der Waals surface area contributed by atoms with Crippen molar-refractivity contribution in [2.75, 3.05) is 11.9 Å². The molecule has 0 spiro atoms. The number of aryl methyl sites for hydroxylation is 3. The van der Waals surface area contributed by atoms with E-state index < -0.39 is 0 Å². The SMILES string of the molecule is CCCCCCOc1ccc(Nc2ncnc3sc(C)c(-c4ccc(C)c(C)c4)c23)cc1. The summed E-state index contributed by atoms with van der Waals surface area (Å²) in [6, 6.07) is 14.8. The van der Waals surface area contributed by atoms with Crippen molar-refractivity contribution >= 4 is 33.1 Å². The highest BCUT2D eigenvalue weighted by atomic mass is 32.1. The van der Waals surface area contributed by atoms with E-state index in [0.29, 0.717) is 0 Å². The Balaban J connectivity index is 1.58. The molecule has 1 N–H and O–H groups in total. The molecular formula is C27H31N3OS. The van der Waals surface area contributed by atoms with Crippen LogP contribution in [-0.2, 0) is 0 Å². The molecule has 2 heterocycles. The van der Waals surface area contributed by atoms with Crippen molar-refractivity contribution in [2.45, 2.75) is 53.4 Å². The van der Waals surface area contributed by atoms with E-state index in [4.69, 9.17) is 4.74 Å². The Morgan fingerprint density at radius 1 is 0.906 bits per heavy atom. The van der Waals surface area contributed by atoms with Gasteiger partial charge < -0.3 is 10.1 Å². The fourth-order valence-electron chi connectivity index (χ4n) is 3.87. The first-order valence-electron chi connectivity index (χ1n) is 11.4. The minimum Gasteiger partial charge on any atom is -0.494 e. The molecule has 0 aliphatic rings. The van der Waals surface area contributed by atoms with Crippen LogP contribution in [0.15, 0.2) is 48.8 Å². The minimum absolute atomic E-state index is 0.771. The van der Waals surface area contributed by atoms with Crippen molar-refractivity contribution in [2.24, 2.45) is 0 Å². The highest BCUT2D eigenvalue weighted by Crippen LogP contribution is 2.41. The smallest absolute Gasteiger partial charge is 0.143 e. The summed E-state index contributed by atoms with van der Waals surface area (Å²) in [6.45, 7) is 9.46. The second-order valence-corrected chi connectivity index (χ2v) is 9.50. The maximum Gasteiger partial charge on any atom is 0.143 e. The standard InChI is InChI=1S/C27H31N3OS/c1-5-6-7-8-15-31-23-13-11-22(12-14-23)30-26-25-24(20(4)32-27(25)29-17-28-26)21-10-9-18(2)19(3)16-21/h9-14,16-17H,5-8,15H2,1-4H3,(H,28,29,30). The lowest BCUT2D eigenvalue weighted by Gasteiger charge is -2.11. The number of thiophene rings is 1. The molecular weight excluding hydrogens is 414 g/mol. The maximum absolute atomic E-state index is 5.88. The number of unbranched alkanes of at least 4 members (excludes halogenated alkanes) is 3. The number of benzene rings is 2. The largest absolute Gasteiger partial charge is 0.494 e. The van der Waals surface area contributed by atoms with E-state index in [9.17, 15) is 0 Å². The maximum atomic E-state index is 5.88. The third-order valence-corrected chi connectivity index (χ3v) is 6.86. The van der Waals surface area contributed by atoms with Gasteiger partial charge >= 0.3 is 0 Å². The Labute approximate surface area is 194 Å². The molecule has 4 rings (SSSR count). The van der Waals surface area contributed by atoms with Crippen LogP contribution in [0.3, 0.4) is 0 Å². The van der Waals surface area contributed by atoms with Crippen LogP contribution in [0, 0.1) is 20.8 Å². The predicted molar refractivity (Wildman–Crippen MR) is 136 cm³/mol. The fraction of sp³-hybridized carbons (Fsp3) is 0.333. The molecule has 4 nitrogen and oxygen atoms in total. The summed E-state index contributed by atoms with van der Waals surface area (Å²) in [4.78, 5) is 11.4. The topological polar surface area (TPSA) is 47.0 Å². The number of ether oxygens (including phenoxy) is 1. The summed E-state index contributed by atoms with van der Waals surface area (Å²) >= 11 is 1.71. The zero-order valence-corrected chi connectivity index (χ0v) is 20.2. The molecule has 0 aliphatic heterocycles. The van der Waals surface area contributed by atoms with Gasteiger partial charge in [-0.05, 0) is 68.1 Å². The van der Waals surface area contributed by atoms with Gasteiger partial charge in [-0.2, -0.15) is 0 Å². The molecule has 5 heteroatoms. The quantitative estimate of drug-likeness (QED) is 0.265. The Morgan fingerprint density at radius 3 is 2.47 bits per heavy atom. The summed E-state index contributed by atoms with van der Waals surface area (Å²) in [5, 5.41) is 4.59. The number of hydrogen-bond donors (Lipinski definition) is 1. The lowest BCUT2D eigenvalue weighted by Crippen LogP contribution is -1.98. The van der Waals surface area contributed by atoms with Crippen LogP contribution in [0.5, 0.6) is 5.75 Å². The van der Waals surface area contributed by atoms with Crippen LogP contribution >= 0.6 is 11.3 Å². The van der Waals surface area contributed by atoms with Gasteiger partial charge in [0, 0.05) is 16.1 Å². The number of rotatable bonds is 9. The molecule has 0 amide bonds. The number of hydrogen-bond acceptors (Lipinski definition) is 5. The third-order valence-electron chi connectivity index (χ3n) is 5.84. The number of fused-ring (bicyclic) bond motifs is 1. The van der Waals surface area contributed by atoms with Gasteiger partial charge in [-0.15, -0.1) is 11.3 Å². The summed E-state index contributed by atoms with van der Waals surface area (Å²) in [6.07, 6.45) is 6.48. The van der Waals surface area contributed by atoms with E-state index in [-0.39, 0.29) is 0 Å². The van der Waals surface area contributed by atoms with Crippen LogP contribution in [0.4, 0.5) is 11.5 Å². The van der Waals surface area contributed by atoms with Gasteiger partial charge in [-0.1, -0.05) is 44.4 Å². The van der Waals surface area contributed by atoms with E-state index in [0.717, 1.165) is 40.5 Å². The number of nitrogens with one attached hydrogen (secondary N) is 1. The lowest BCUT2D eigenvalue weighted by atomic mass is 9.99. The van der Waals surface area contributed by atoms with Gasteiger partial charge in [0.1, 0.15) is 22.7 Å². The normalized spacial score (nSPS) is 11.1. The van der Waals surface area contributed by atoms with Crippen LogP contribution < -0.4 is 10.1 Å². The number of anilines is 2. The second-order valence-electron chi connectivity index (χ2n) is 8.29. The summed E-state index contributed by atoms with van der Waals surface area (Å²) in [7, 11) is 0. The highest BCUT2D eigenvalue weighted by molar-refractivity contribution is 7.19. The van der Waals surface area contributed by atoms with E-state index in [2.05, 4.69) is 61.2 Å². The van der Waals surface area contributed by atoms with Gasteiger partial charge in [-0.3, -0.25) is 0 Å². The van der Waals surface area contributed by atoms with E-state index in [1.54, 1.807) is 17.7 Å². The predicted octanol–water partition coefficient (Wildman–Crippen LogP) is 7.99. The van der Waals surface area contributed by atoms with Crippen LogP contribution in [0.1, 0.15) is 48.6 Å². The Morgan fingerprint density at radius 2 is 1.72 bits per heavy atom. The molecule has 0 atom stereocenters. The molecule has 32 heavy (non-hydrogen) atoms. The molecule has 166 valence electrons. The summed E-state index contributed by atoms with van der Waals surface area (Å²) in [5.74, 6) is 1.74. The van der Waals surface area contributed by atoms with Crippen molar-refractivity contribution < 1.29 is 4.74 Å². The van der Waals surface area contributed by atoms with Gasteiger partial charge in [-0.25, -0.2) is 9.97 Å². The minimum atomic E-state index is 0.771. The molecule has 0 saturated heterocycles. The Hall–Kier alpha value is -2.92. The first-order valence-corrected chi connectivity index (χ1v) is 12.2. The van der Waals surface area contributed by atoms with E-state index >= 15 is 0 Å². The van der Waals surface area contributed by atoms with Crippen molar-refractivity contribution in [1.82, 2.24) is 9.97 Å². The Bertz CT molecular complexity index is 1200. The van der Waals surface area contributed by atoms with Gasteiger partial charge in [0.05, 0.1) is 12.0 Å². The van der Waals surface area contributed by atoms with E-state index in [1.807, 2.05) is 24.3 Å². The molecule has 0 radical (unpaired) electrons. The second kappa shape index (κ2) is 10.1. The van der Waals surface area contributed by atoms with Crippen molar-refractivity contribution in [3.63, 3.8) is 0 Å². The van der Waals surface area contributed by atoms with Crippen LogP contribution in [0.2, 0.25) is 0 Å². The average Bonchev–Trinajstić information content (AvgIpc) is 3.13. The third kappa shape index (κ3) is 4.94. The molecule has 2 aromatic carbocycles. The average molecular weight is 446 g/mol. The zero-order valence-electron chi connectivity index (χ0n) is 19.4. The van der Waals surface area contributed by atoms with Gasteiger partial charge in [0.25, 0.3) is 0 Å². The zero-order chi connectivity index (χ0) is 22.5. The van der Waals surface area contributed by atoms with Crippen LogP contribution in [0.25, 0.3) is 21.3 Å². The Kier molecular flexibility index (Phi) is 7.05. The van der Waals surface area contributed by atoms with E-state index in [1.165, 1.54) is 46.4 Å². The highest BCUT2D eigenvalue weighted by Gasteiger charge is 2.17. The monoisotopic (exact) mass is 445 g/mol. The first-order chi connectivity index (χ1) is 15.6. The van der Waals surface area contributed by atoms with Crippen molar-refractivity contribution in [3.8, 4) is 16.9 Å². The molecule has 0 saturated carbocycles. The molecule has 4 aromatic rings. The number of aromatic nitrogens is 2.